The molecule has 1 saturated heterocycles. The van der Waals surface area contributed by atoms with Crippen molar-refractivity contribution >= 4 is 56.3 Å². The van der Waals surface area contributed by atoms with Crippen molar-refractivity contribution in [2.24, 2.45) is 0 Å². The van der Waals surface area contributed by atoms with Gasteiger partial charge in [0.15, 0.2) is 21.7 Å². The number of anilines is 1. The lowest BCUT2D eigenvalue weighted by Crippen LogP contribution is -2.46. The summed E-state index contributed by atoms with van der Waals surface area (Å²) in [6.07, 6.45) is -0.277. The quantitative estimate of drug-likeness (QED) is 0.490. The van der Waals surface area contributed by atoms with E-state index >= 15 is 0 Å². The fourth-order valence-corrected chi connectivity index (χ4v) is 4.25. The number of carbonyl (C=O) groups is 2. The van der Waals surface area contributed by atoms with Crippen LogP contribution in [0.15, 0.2) is 29.3 Å². The highest BCUT2D eigenvalue weighted by atomic mass is 79.9. The Morgan fingerprint density at radius 2 is 2.12 bits per heavy atom. The molecule has 2 amide bonds. The molecule has 0 aliphatic carbocycles. The summed E-state index contributed by atoms with van der Waals surface area (Å²) in [5, 5.41) is 2.49. The van der Waals surface area contributed by atoms with E-state index in [2.05, 4.69) is 36.2 Å². The van der Waals surface area contributed by atoms with Crippen LogP contribution in [0, 0.1) is 5.82 Å². The first kappa shape index (κ1) is 22.3. The lowest BCUT2D eigenvalue weighted by molar-refractivity contribution is -0.139. The monoisotopic (exact) mass is 527 g/mol. The van der Waals surface area contributed by atoms with Crippen LogP contribution in [0.3, 0.4) is 0 Å². The zero-order chi connectivity index (χ0) is 23.0. The third kappa shape index (κ3) is 4.24. The van der Waals surface area contributed by atoms with Gasteiger partial charge in [-0.2, -0.15) is 0 Å². The van der Waals surface area contributed by atoms with E-state index in [1.54, 1.807) is 6.07 Å². The van der Waals surface area contributed by atoms with E-state index in [-0.39, 0.29) is 42.5 Å². The molecule has 1 aliphatic rings. The predicted molar refractivity (Wildman–Crippen MR) is 116 cm³/mol. The van der Waals surface area contributed by atoms with Crippen molar-refractivity contribution in [1.29, 1.82) is 0 Å². The van der Waals surface area contributed by atoms with Gasteiger partial charge in [0, 0.05) is 18.5 Å². The van der Waals surface area contributed by atoms with Crippen molar-refractivity contribution in [2.75, 3.05) is 12.3 Å². The standard InChI is InChI=1S/C19H17BrClF2N7O2/c20-19-28-15-16(24)26-8-27-17(15)30(19)7-13(31)29-6-10(22)4-12(29)18(32)25-5-9-2-1-3-11(21)14(9)23/h1-3,8,10,12H,4-7H2,(H,25,32)(H2,24,26,27)/t10-,12+/m1/s1. The molecule has 4 rings (SSSR count). The number of nitrogen functional groups attached to an aromatic ring is 1. The molecule has 3 aromatic rings. The molecular formula is C19H17BrClF2N7O2. The molecule has 2 atom stereocenters. The van der Waals surface area contributed by atoms with Gasteiger partial charge in [0.25, 0.3) is 0 Å². The molecule has 1 fully saturated rings. The van der Waals surface area contributed by atoms with Gasteiger partial charge in [0.2, 0.25) is 11.8 Å². The van der Waals surface area contributed by atoms with Crippen LogP contribution in [-0.4, -0.2) is 55.0 Å². The Hall–Kier alpha value is -2.86. The largest absolute Gasteiger partial charge is 0.382 e. The number of alkyl halides is 1. The molecule has 13 heteroatoms. The maximum atomic E-state index is 14.2. The molecule has 2 aromatic heterocycles. The molecule has 1 aromatic carbocycles. The predicted octanol–water partition coefficient (Wildman–Crippen LogP) is 2.22. The summed E-state index contributed by atoms with van der Waals surface area (Å²) < 4.78 is 30.0. The van der Waals surface area contributed by atoms with E-state index in [0.29, 0.717) is 15.9 Å². The van der Waals surface area contributed by atoms with E-state index in [0.717, 1.165) is 4.90 Å². The van der Waals surface area contributed by atoms with Crippen molar-refractivity contribution in [3.63, 3.8) is 0 Å². The summed E-state index contributed by atoms with van der Waals surface area (Å²) in [6, 6.07) is 3.39. The number of nitrogens with one attached hydrogen (secondary N) is 1. The van der Waals surface area contributed by atoms with Crippen LogP contribution in [0.25, 0.3) is 11.2 Å². The third-order valence-corrected chi connectivity index (χ3v) is 6.06. The normalized spacial score (nSPS) is 18.3. The molecule has 3 heterocycles. The number of nitrogens with zero attached hydrogens (tertiary/aromatic N) is 5. The fraction of sp³-hybridized carbons (Fsp3) is 0.316. The first-order valence-corrected chi connectivity index (χ1v) is 10.7. The lowest BCUT2D eigenvalue weighted by Gasteiger charge is -2.24. The highest BCUT2D eigenvalue weighted by molar-refractivity contribution is 9.10. The number of imidazole rings is 1. The smallest absolute Gasteiger partial charge is 0.243 e. The van der Waals surface area contributed by atoms with E-state index in [9.17, 15) is 18.4 Å². The first-order valence-electron chi connectivity index (χ1n) is 9.52. The summed E-state index contributed by atoms with van der Waals surface area (Å²) in [5.74, 6) is -1.58. The third-order valence-electron chi connectivity index (χ3n) is 5.16. The van der Waals surface area contributed by atoms with Crippen molar-refractivity contribution in [2.45, 2.75) is 31.7 Å². The highest BCUT2D eigenvalue weighted by Crippen LogP contribution is 2.25. The molecule has 0 saturated carbocycles. The SMILES string of the molecule is Nc1ncnc2c1nc(Br)n2CC(=O)N1C[C@H](F)C[C@H]1C(=O)NCc1cccc(Cl)c1F. The summed E-state index contributed by atoms with van der Waals surface area (Å²) in [4.78, 5) is 39.0. The van der Waals surface area contributed by atoms with Crippen molar-refractivity contribution in [1.82, 2.24) is 29.7 Å². The van der Waals surface area contributed by atoms with Gasteiger partial charge in [0.05, 0.1) is 11.6 Å². The molecule has 32 heavy (non-hydrogen) atoms. The number of hydrogen-bond acceptors (Lipinski definition) is 6. The Balaban J connectivity index is 1.49. The number of benzene rings is 1. The Kier molecular flexibility index (Phi) is 6.24. The van der Waals surface area contributed by atoms with Crippen LogP contribution in [0.4, 0.5) is 14.6 Å². The zero-order valence-corrected chi connectivity index (χ0v) is 18.8. The first-order chi connectivity index (χ1) is 15.3. The van der Waals surface area contributed by atoms with Crippen LogP contribution in [0.5, 0.6) is 0 Å². The van der Waals surface area contributed by atoms with E-state index in [4.69, 9.17) is 17.3 Å². The summed E-state index contributed by atoms with van der Waals surface area (Å²) in [7, 11) is 0. The van der Waals surface area contributed by atoms with Gasteiger partial charge < -0.3 is 16.0 Å². The molecule has 0 radical (unpaired) electrons. The van der Waals surface area contributed by atoms with Crippen LogP contribution >= 0.6 is 27.5 Å². The summed E-state index contributed by atoms with van der Waals surface area (Å²) in [5.41, 5.74) is 6.62. The molecule has 1 aliphatic heterocycles. The second-order valence-electron chi connectivity index (χ2n) is 7.22. The number of nitrogens with two attached hydrogens (primary N) is 1. The van der Waals surface area contributed by atoms with Crippen LogP contribution in [0.1, 0.15) is 12.0 Å². The maximum Gasteiger partial charge on any atom is 0.243 e. The number of fused-ring (bicyclic) bond motifs is 1. The van der Waals surface area contributed by atoms with Gasteiger partial charge in [-0.3, -0.25) is 14.2 Å². The van der Waals surface area contributed by atoms with Crippen molar-refractivity contribution < 1.29 is 18.4 Å². The average Bonchev–Trinajstić information content (AvgIpc) is 3.30. The number of amides is 2. The zero-order valence-electron chi connectivity index (χ0n) is 16.4. The van der Waals surface area contributed by atoms with Gasteiger partial charge in [-0.15, -0.1) is 0 Å². The Bertz CT molecular complexity index is 1210. The molecule has 0 spiro atoms. The molecule has 168 valence electrons. The number of likely N-dealkylation sites (tertiary alicyclic amines) is 1. The van der Waals surface area contributed by atoms with Crippen molar-refractivity contribution in [3.8, 4) is 0 Å². The Labute approximate surface area is 194 Å². The fourth-order valence-electron chi connectivity index (χ4n) is 3.59. The van der Waals surface area contributed by atoms with E-state index < -0.39 is 29.8 Å². The van der Waals surface area contributed by atoms with Gasteiger partial charge in [-0.25, -0.2) is 23.7 Å². The van der Waals surface area contributed by atoms with Crippen molar-refractivity contribution in [3.05, 3.63) is 45.7 Å². The lowest BCUT2D eigenvalue weighted by atomic mass is 10.1. The number of halogens is 4. The molecular weight excluding hydrogens is 512 g/mol. The number of rotatable bonds is 5. The van der Waals surface area contributed by atoms with Crippen LogP contribution in [0.2, 0.25) is 5.02 Å². The maximum absolute atomic E-state index is 14.2. The number of aromatic nitrogens is 4. The molecule has 0 unspecified atom stereocenters. The number of hydrogen-bond donors (Lipinski definition) is 2. The molecule has 0 bridgehead atoms. The minimum Gasteiger partial charge on any atom is -0.382 e. The Morgan fingerprint density at radius 3 is 2.91 bits per heavy atom. The van der Waals surface area contributed by atoms with Gasteiger partial charge in [-0.05, 0) is 22.0 Å². The minimum atomic E-state index is -1.36. The minimum absolute atomic E-state index is 0.0687. The van der Waals surface area contributed by atoms with Gasteiger partial charge in [-0.1, -0.05) is 23.7 Å². The summed E-state index contributed by atoms with van der Waals surface area (Å²) in [6.45, 7) is -0.620. The highest BCUT2D eigenvalue weighted by Gasteiger charge is 2.40. The number of carbonyl (C=O) groups excluding carboxylic acids is 2. The second kappa shape index (κ2) is 8.94. The topological polar surface area (TPSA) is 119 Å². The Morgan fingerprint density at radius 1 is 1.34 bits per heavy atom. The summed E-state index contributed by atoms with van der Waals surface area (Å²) >= 11 is 9.01. The second-order valence-corrected chi connectivity index (χ2v) is 8.34. The van der Waals surface area contributed by atoms with Gasteiger partial charge in [0.1, 0.15) is 30.9 Å². The van der Waals surface area contributed by atoms with Crippen LogP contribution in [-0.2, 0) is 22.7 Å². The van der Waals surface area contributed by atoms with E-state index in [1.165, 1.54) is 23.0 Å². The average molecular weight is 529 g/mol. The van der Waals surface area contributed by atoms with Gasteiger partial charge >= 0.3 is 0 Å². The van der Waals surface area contributed by atoms with E-state index in [1.807, 2.05) is 0 Å². The van der Waals surface area contributed by atoms with Crippen LogP contribution < -0.4 is 11.1 Å². The molecule has 3 N–H and O–H groups in total. The molecule has 9 nitrogen and oxygen atoms in total.